The normalized spacial score (nSPS) is 20.0. The number of rotatable bonds is 6. The minimum absolute atomic E-state index is 0.0855. The number of amides is 1. The van der Waals surface area contributed by atoms with Crippen LogP contribution >= 0.6 is 0 Å². The van der Waals surface area contributed by atoms with Crippen molar-refractivity contribution in [3.05, 3.63) is 23.8 Å². The Morgan fingerprint density at radius 3 is 2.77 bits per heavy atom. The van der Waals surface area contributed by atoms with Crippen molar-refractivity contribution in [2.75, 3.05) is 20.8 Å². The van der Waals surface area contributed by atoms with Gasteiger partial charge in [0.25, 0.3) is 0 Å². The fourth-order valence-corrected chi connectivity index (χ4v) is 2.86. The van der Waals surface area contributed by atoms with E-state index >= 15 is 0 Å². The summed E-state index contributed by atoms with van der Waals surface area (Å²) in [6.07, 6.45) is 3.89. The first-order chi connectivity index (χ1) is 10.6. The van der Waals surface area contributed by atoms with Crippen LogP contribution in [-0.4, -0.2) is 38.8 Å². The van der Waals surface area contributed by atoms with Crippen LogP contribution in [0.2, 0.25) is 0 Å². The summed E-state index contributed by atoms with van der Waals surface area (Å²) in [6.45, 7) is 2.90. The molecule has 0 aromatic heterocycles. The highest BCUT2D eigenvalue weighted by molar-refractivity contribution is 5.81. The first-order valence-corrected chi connectivity index (χ1v) is 7.88. The average Bonchev–Trinajstić information content (AvgIpc) is 2.72. The third kappa shape index (κ3) is 4.37. The molecular weight excluding hydrogens is 280 g/mol. The standard InChI is InChI=1S/C17H26N2O3/c1-12(19-14-6-4-5-9-18-17(14)20)10-13-7-8-15(21-2)16(11-13)22-3/h7-8,11-12,14,19H,4-6,9-10H2,1-3H3,(H,18,20)/t12-,14+/m1/s1. The maximum atomic E-state index is 12.0. The van der Waals surface area contributed by atoms with Crippen molar-refractivity contribution in [2.24, 2.45) is 0 Å². The molecule has 1 aliphatic rings. The van der Waals surface area contributed by atoms with Gasteiger partial charge in [-0.1, -0.05) is 6.07 Å². The summed E-state index contributed by atoms with van der Waals surface area (Å²) in [6, 6.07) is 6.07. The Morgan fingerprint density at radius 1 is 1.27 bits per heavy atom. The van der Waals surface area contributed by atoms with Crippen LogP contribution in [-0.2, 0) is 11.2 Å². The van der Waals surface area contributed by atoms with E-state index in [0.29, 0.717) is 0 Å². The summed E-state index contributed by atoms with van der Waals surface area (Å²) in [5.74, 6) is 1.59. The zero-order valence-corrected chi connectivity index (χ0v) is 13.6. The number of hydrogen-bond acceptors (Lipinski definition) is 4. The molecule has 0 saturated carbocycles. The van der Waals surface area contributed by atoms with E-state index < -0.39 is 0 Å². The fraction of sp³-hybridized carbons (Fsp3) is 0.588. The van der Waals surface area contributed by atoms with Crippen LogP contribution < -0.4 is 20.1 Å². The lowest BCUT2D eigenvalue weighted by Gasteiger charge is -2.21. The Morgan fingerprint density at radius 2 is 2.05 bits per heavy atom. The van der Waals surface area contributed by atoms with Crippen molar-refractivity contribution in [1.82, 2.24) is 10.6 Å². The highest BCUT2D eigenvalue weighted by atomic mass is 16.5. The first-order valence-electron chi connectivity index (χ1n) is 7.88. The van der Waals surface area contributed by atoms with Gasteiger partial charge in [0.2, 0.25) is 5.91 Å². The van der Waals surface area contributed by atoms with E-state index in [2.05, 4.69) is 17.6 Å². The van der Waals surface area contributed by atoms with Crippen molar-refractivity contribution in [3.8, 4) is 11.5 Å². The molecule has 1 aromatic carbocycles. The van der Waals surface area contributed by atoms with E-state index in [1.54, 1.807) is 14.2 Å². The molecule has 1 heterocycles. The fourth-order valence-electron chi connectivity index (χ4n) is 2.86. The van der Waals surface area contributed by atoms with Gasteiger partial charge in [0.15, 0.2) is 11.5 Å². The molecule has 2 N–H and O–H groups in total. The van der Waals surface area contributed by atoms with Crippen molar-refractivity contribution < 1.29 is 14.3 Å². The number of carbonyl (C=O) groups is 1. The van der Waals surface area contributed by atoms with E-state index in [-0.39, 0.29) is 18.0 Å². The summed E-state index contributed by atoms with van der Waals surface area (Å²) in [7, 11) is 3.27. The number of carbonyl (C=O) groups excluding carboxylic acids is 1. The molecule has 0 radical (unpaired) electrons. The predicted molar refractivity (Wildman–Crippen MR) is 86.5 cm³/mol. The molecule has 0 unspecified atom stereocenters. The molecule has 2 rings (SSSR count). The molecule has 5 nitrogen and oxygen atoms in total. The molecule has 1 aromatic rings. The highest BCUT2D eigenvalue weighted by Crippen LogP contribution is 2.28. The van der Waals surface area contributed by atoms with Crippen LogP contribution in [0, 0.1) is 0 Å². The zero-order valence-electron chi connectivity index (χ0n) is 13.6. The number of benzene rings is 1. The SMILES string of the molecule is COc1ccc(C[C@@H](C)N[C@H]2CCCCNC2=O)cc1OC. The third-order valence-electron chi connectivity index (χ3n) is 4.01. The monoisotopic (exact) mass is 306 g/mol. The van der Waals surface area contributed by atoms with Gasteiger partial charge in [-0.15, -0.1) is 0 Å². The van der Waals surface area contributed by atoms with Gasteiger partial charge in [-0.25, -0.2) is 0 Å². The topological polar surface area (TPSA) is 59.6 Å². The van der Waals surface area contributed by atoms with Crippen LogP contribution in [0.15, 0.2) is 18.2 Å². The quantitative estimate of drug-likeness (QED) is 0.843. The van der Waals surface area contributed by atoms with E-state index in [9.17, 15) is 4.79 Å². The summed E-state index contributed by atoms with van der Waals surface area (Å²) in [5.41, 5.74) is 1.16. The largest absolute Gasteiger partial charge is 0.493 e. The molecule has 0 bridgehead atoms. The van der Waals surface area contributed by atoms with Crippen molar-refractivity contribution in [3.63, 3.8) is 0 Å². The smallest absolute Gasteiger partial charge is 0.237 e. The van der Waals surface area contributed by atoms with Crippen molar-refractivity contribution in [1.29, 1.82) is 0 Å². The molecule has 2 atom stereocenters. The Hall–Kier alpha value is -1.75. The Labute approximate surface area is 132 Å². The summed E-state index contributed by atoms with van der Waals surface area (Å²) in [5, 5.41) is 6.40. The number of nitrogens with one attached hydrogen (secondary N) is 2. The summed E-state index contributed by atoms with van der Waals surface area (Å²) < 4.78 is 10.6. The first kappa shape index (κ1) is 16.6. The molecule has 1 aliphatic heterocycles. The summed E-state index contributed by atoms with van der Waals surface area (Å²) >= 11 is 0. The van der Waals surface area contributed by atoms with Crippen LogP contribution in [0.3, 0.4) is 0 Å². The van der Waals surface area contributed by atoms with Crippen LogP contribution in [0.25, 0.3) is 0 Å². The number of hydrogen-bond donors (Lipinski definition) is 2. The molecule has 0 aliphatic carbocycles. The van der Waals surface area contributed by atoms with E-state index in [0.717, 1.165) is 49.3 Å². The Bertz CT molecular complexity index is 505. The second kappa shape index (κ2) is 8.03. The van der Waals surface area contributed by atoms with E-state index in [1.165, 1.54) is 0 Å². The van der Waals surface area contributed by atoms with Gasteiger partial charge >= 0.3 is 0 Å². The van der Waals surface area contributed by atoms with Gasteiger partial charge in [0.05, 0.1) is 20.3 Å². The molecular formula is C17H26N2O3. The zero-order chi connectivity index (χ0) is 15.9. The number of methoxy groups -OCH3 is 2. The van der Waals surface area contributed by atoms with E-state index in [1.807, 2.05) is 18.2 Å². The predicted octanol–water partition coefficient (Wildman–Crippen LogP) is 1.89. The minimum Gasteiger partial charge on any atom is -0.493 e. The molecule has 0 spiro atoms. The van der Waals surface area contributed by atoms with E-state index in [4.69, 9.17) is 9.47 Å². The molecule has 1 saturated heterocycles. The van der Waals surface area contributed by atoms with Gasteiger partial charge in [-0.3, -0.25) is 4.79 Å². The molecule has 22 heavy (non-hydrogen) atoms. The summed E-state index contributed by atoms with van der Waals surface area (Å²) in [4.78, 5) is 12.0. The highest BCUT2D eigenvalue weighted by Gasteiger charge is 2.22. The molecule has 5 heteroatoms. The number of ether oxygens (including phenoxy) is 2. The molecule has 1 fully saturated rings. The third-order valence-corrected chi connectivity index (χ3v) is 4.01. The van der Waals surface area contributed by atoms with Gasteiger partial charge in [0.1, 0.15) is 0 Å². The van der Waals surface area contributed by atoms with Crippen molar-refractivity contribution >= 4 is 5.91 Å². The Kier molecular flexibility index (Phi) is 6.07. The lowest BCUT2D eigenvalue weighted by atomic mass is 10.0. The second-order valence-corrected chi connectivity index (χ2v) is 5.80. The maximum absolute atomic E-state index is 12.0. The average molecular weight is 306 g/mol. The maximum Gasteiger partial charge on any atom is 0.237 e. The van der Waals surface area contributed by atoms with Crippen LogP contribution in [0.1, 0.15) is 31.7 Å². The van der Waals surface area contributed by atoms with Gasteiger partial charge in [-0.05, 0) is 50.3 Å². The van der Waals surface area contributed by atoms with Crippen LogP contribution in [0.4, 0.5) is 0 Å². The van der Waals surface area contributed by atoms with Crippen LogP contribution in [0.5, 0.6) is 11.5 Å². The Balaban J connectivity index is 1.96. The minimum atomic E-state index is -0.0855. The lowest BCUT2D eigenvalue weighted by Crippen LogP contribution is -2.47. The van der Waals surface area contributed by atoms with Gasteiger partial charge in [-0.2, -0.15) is 0 Å². The van der Waals surface area contributed by atoms with Gasteiger partial charge in [0, 0.05) is 12.6 Å². The lowest BCUT2D eigenvalue weighted by molar-refractivity contribution is -0.123. The second-order valence-electron chi connectivity index (χ2n) is 5.80. The van der Waals surface area contributed by atoms with Gasteiger partial charge < -0.3 is 20.1 Å². The molecule has 122 valence electrons. The molecule has 1 amide bonds. The van der Waals surface area contributed by atoms with Crippen molar-refractivity contribution in [2.45, 2.75) is 44.7 Å².